The van der Waals surface area contributed by atoms with E-state index >= 15 is 0 Å². The lowest BCUT2D eigenvalue weighted by Gasteiger charge is -2.08. The van der Waals surface area contributed by atoms with Crippen molar-refractivity contribution in [2.75, 3.05) is 5.32 Å². The number of alkyl halides is 2. The number of benzene rings is 2. The van der Waals surface area contributed by atoms with E-state index in [-0.39, 0.29) is 22.9 Å². The predicted octanol–water partition coefficient (Wildman–Crippen LogP) is 3.32. The van der Waals surface area contributed by atoms with Gasteiger partial charge in [0.05, 0.1) is 0 Å². The topological polar surface area (TPSA) is 106 Å². The van der Waals surface area contributed by atoms with E-state index in [1.807, 2.05) is 12.1 Å². The summed E-state index contributed by atoms with van der Waals surface area (Å²) in [6, 6.07) is 13.4. The normalized spacial score (nSPS) is 11.1. The summed E-state index contributed by atoms with van der Waals surface area (Å²) in [6.07, 6.45) is 0. The lowest BCUT2D eigenvalue weighted by atomic mass is 10.1. The Morgan fingerprint density at radius 3 is 2.33 bits per heavy atom. The standard InChI is InChI=1S/C17H11F2N5O3/c18-17(19)26-12-7-3-10(4-8-12)9-1-5-11(6-2-9)20-15-16(25)22-14-13(21-15)23-27-24-14/h1-8,17H,(H,20,21,23)(H,22,24,25). The van der Waals surface area contributed by atoms with E-state index in [2.05, 4.69) is 35.0 Å². The van der Waals surface area contributed by atoms with Crippen LogP contribution in [-0.2, 0) is 0 Å². The maximum absolute atomic E-state index is 12.2. The summed E-state index contributed by atoms with van der Waals surface area (Å²) in [5.41, 5.74) is 2.21. The van der Waals surface area contributed by atoms with Gasteiger partial charge in [-0.1, -0.05) is 24.3 Å². The molecule has 2 heterocycles. The lowest BCUT2D eigenvalue weighted by Crippen LogP contribution is -2.13. The van der Waals surface area contributed by atoms with Crippen molar-refractivity contribution in [2.45, 2.75) is 6.61 Å². The molecule has 2 aromatic carbocycles. The summed E-state index contributed by atoms with van der Waals surface area (Å²) in [5.74, 6) is 0.148. The molecule has 2 aromatic heterocycles. The van der Waals surface area contributed by atoms with Crippen LogP contribution in [0.3, 0.4) is 0 Å². The minimum Gasteiger partial charge on any atom is -0.435 e. The molecule has 0 aliphatic rings. The number of hydrogen-bond acceptors (Lipinski definition) is 7. The second-order valence-electron chi connectivity index (χ2n) is 5.46. The van der Waals surface area contributed by atoms with Crippen LogP contribution in [-0.4, -0.2) is 26.9 Å². The molecule has 0 saturated heterocycles. The van der Waals surface area contributed by atoms with Gasteiger partial charge >= 0.3 is 6.61 Å². The third kappa shape index (κ3) is 3.59. The van der Waals surface area contributed by atoms with E-state index in [0.717, 1.165) is 11.1 Å². The molecule has 2 N–H and O–H groups in total. The summed E-state index contributed by atoms with van der Waals surface area (Å²) in [4.78, 5) is 18.5. The van der Waals surface area contributed by atoms with Crippen LogP contribution in [0.5, 0.6) is 5.75 Å². The minimum absolute atomic E-state index is 0.0550. The van der Waals surface area contributed by atoms with Crippen LogP contribution in [0, 0.1) is 0 Å². The molecule has 136 valence electrons. The number of aromatic nitrogens is 4. The largest absolute Gasteiger partial charge is 0.435 e. The number of hydrogen-bond donors (Lipinski definition) is 2. The SMILES string of the molecule is O=c1[nH]c2nonc2nc1Nc1ccc(-c2ccc(OC(F)F)cc2)cc1. The number of ether oxygens (including phenoxy) is 1. The molecule has 0 radical (unpaired) electrons. The average Bonchev–Trinajstić information content (AvgIpc) is 3.10. The number of halogens is 2. The van der Waals surface area contributed by atoms with E-state index in [1.165, 1.54) is 12.1 Å². The van der Waals surface area contributed by atoms with Gasteiger partial charge in [-0.2, -0.15) is 13.8 Å². The highest BCUT2D eigenvalue weighted by molar-refractivity contribution is 5.70. The molecule has 0 atom stereocenters. The zero-order valence-electron chi connectivity index (χ0n) is 13.5. The van der Waals surface area contributed by atoms with Crippen LogP contribution in [0.15, 0.2) is 58.0 Å². The Hall–Kier alpha value is -3.82. The third-order valence-electron chi connectivity index (χ3n) is 3.70. The lowest BCUT2D eigenvalue weighted by molar-refractivity contribution is -0.0498. The minimum atomic E-state index is -2.86. The van der Waals surface area contributed by atoms with Gasteiger partial charge in [0, 0.05) is 5.69 Å². The average molecular weight is 371 g/mol. The Balaban J connectivity index is 1.53. The van der Waals surface area contributed by atoms with Crippen molar-refractivity contribution >= 4 is 22.8 Å². The Morgan fingerprint density at radius 1 is 1.00 bits per heavy atom. The molecule has 4 aromatic rings. The number of fused-ring (bicyclic) bond motifs is 1. The van der Waals surface area contributed by atoms with E-state index in [9.17, 15) is 13.6 Å². The molecule has 4 rings (SSSR count). The van der Waals surface area contributed by atoms with Gasteiger partial charge in [-0.05, 0) is 45.7 Å². The van der Waals surface area contributed by atoms with Crippen LogP contribution in [0.1, 0.15) is 0 Å². The fourth-order valence-electron chi connectivity index (χ4n) is 2.46. The maximum Gasteiger partial charge on any atom is 0.387 e. The van der Waals surface area contributed by atoms with Gasteiger partial charge in [-0.15, -0.1) is 0 Å². The molecule has 0 bridgehead atoms. The number of rotatable bonds is 5. The molecule has 8 nitrogen and oxygen atoms in total. The van der Waals surface area contributed by atoms with E-state index in [1.54, 1.807) is 24.3 Å². The third-order valence-corrected chi connectivity index (χ3v) is 3.70. The predicted molar refractivity (Wildman–Crippen MR) is 92.0 cm³/mol. The maximum atomic E-state index is 12.2. The van der Waals surface area contributed by atoms with Crippen molar-refractivity contribution in [3.8, 4) is 16.9 Å². The molecule has 0 aliphatic heterocycles. The summed E-state index contributed by atoms with van der Waals surface area (Å²) in [5, 5.41) is 9.98. The van der Waals surface area contributed by atoms with Crippen molar-refractivity contribution in [1.29, 1.82) is 0 Å². The fraction of sp³-hybridized carbons (Fsp3) is 0.0588. The van der Waals surface area contributed by atoms with E-state index < -0.39 is 12.2 Å². The molecule has 27 heavy (non-hydrogen) atoms. The second kappa shape index (κ2) is 6.83. The van der Waals surface area contributed by atoms with Gasteiger partial charge in [0.15, 0.2) is 5.82 Å². The van der Waals surface area contributed by atoms with Gasteiger partial charge in [0.25, 0.3) is 5.56 Å². The van der Waals surface area contributed by atoms with Crippen LogP contribution in [0.2, 0.25) is 0 Å². The molecule has 0 amide bonds. The Bertz CT molecular complexity index is 1120. The molecular formula is C17H11F2N5O3. The number of nitrogens with zero attached hydrogens (tertiary/aromatic N) is 3. The first-order valence-corrected chi connectivity index (χ1v) is 7.73. The first kappa shape index (κ1) is 16.6. The number of nitrogens with one attached hydrogen (secondary N) is 2. The molecule has 0 aliphatic carbocycles. The molecule has 0 spiro atoms. The van der Waals surface area contributed by atoms with Crippen molar-refractivity contribution in [2.24, 2.45) is 0 Å². The smallest absolute Gasteiger partial charge is 0.387 e. The summed E-state index contributed by atoms with van der Waals surface area (Å²) < 4.78 is 33.2. The van der Waals surface area contributed by atoms with Crippen LogP contribution in [0.4, 0.5) is 20.3 Å². The van der Waals surface area contributed by atoms with Crippen molar-refractivity contribution in [3.63, 3.8) is 0 Å². The van der Waals surface area contributed by atoms with Gasteiger partial charge in [-0.3, -0.25) is 9.78 Å². The van der Waals surface area contributed by atoms with Gasteiger partial charge in [-0.25, -0.2) is 4.63 Å². The van der Waals surface area contributed by atoms with Gasteiger partial charge in [0.1, 0.15) is 5.75 Å². The van der Waals surface area contributed by atoms with Crippen LogP contribution < -0.4 is 15.6 Å². The number of anilines is 2. The highest BCUT2D eigenvalue weighted by atomic mass is 19.3. The Labute approximate surface area is 149 Å². The van der Waals surface area contributed by atoms with Crippen LogP contribution in [0.25, 0.3) is 22.4 Å². The first-order valence-electron chi connectivity index (χ1n) is 7.73. The van der Waals surface area contributed by atoms with Crippen molar-refractivity contribution < 1.29 is 18.1 Å². The second-order valence-corrected chi connectivity index (χ2v) is 5.46. The summed E-state index contributed by atoms with van der Waals surface area (Å²) in [6.45, 7) is -2.86. The quantitative estimate of drug-likeness (QED) is 0.554. The fourth-order valence-corrected chi connectivity index (χ4v) is 2.46. The zero-order valence-corrected chi connectivity index (χ0v) is 13.5. The van der Waals surface area contributed by atoms with Gasteiger partial charge < -0.3 is 10.1 Å². The molecular weight excluding hydrogens is 360 g/mol. The molecule has 0 saturated carbocycles. The van der Waals surface area contributed by atoms with E-state index in [4.69, 9.17) is 0 Å². The Kier molecular flexibility index (Phi) is 4.21. The number of aromatic amines is 1. The zero-order chi connectivity index (χ0) is 18.8. The monoisotopic (exact) mass is 371 g/mol. The molecule has 10 heteroatoms. The Morgan fingerprint density at radius 2 is 1.67 bits per heavy atom. The van der Waals surface area contributed by atoms with Crippen LogP contribution >= 0.6 is 0 Å². The van der Waals surface area contributed by atoms with Crippen molar-refractivity contribution in [3.05, 3.63) is 58.9 Å². The van der Waals surface area contributed by atoms with Gasteiger partial charge in [0.2, 0.25) is 11.3 Å². The van der Waals surface area contributed by atoms with E-state index in [0.29, 0.717) is 5.69 Å². The highest BCUT2D eigenvalue weighted by Gasteiger charge is 2.09. The summed E-state index contributed by atoms with van der Waals surface area (Å²) >= 11 is 0. The first-order chi connectivity index (χ1) is 13.1. The van der Waals surface area contributed by atoms with Crippen molar-refractivity contribution in [1.82, 2.24) is 20.3 Å². The molecule has 0 unspecified atom stereocenters. The number of H-pyrrole nitrogens is 1. The highest BCUT2D eigenvalue weighted by Crippen LogP contribution is 2.25. The molecule has 0 fully saturated rings. The summed E-state index contributed by atoms with van der Waals surface area (Å²) in [7, 11) is 0.